The zero-order chi connectivity index (χ0) is 26.4. The smallest absolute Gasteiger partial charge is 0.171 e. The molecule has 1 aliphatic rings. The van der Waals surface area contributed by atoms with Gasteiger partial charge in [-0.25, -0.2) is 9.97 Å². The average molecular weight is 534 g/mol. The largest absolute Gasteiger partial charge is 0.387 e. The summed E-state index contributed by atoms with van der Waals surface area (Å²) in [4.78, 5) is 8.57. The summed E-state index contributed by atoms with van der Waals surface area (Å²) in [6, 6.07) is 11.7. The molecule has 12 heteroatoms. The molecule has 11 nitrogen and oxygen atoms in total. The molecule has 0 saturated carbocycles. The molecule has 38 heavy (non-hydrogen) atoms. The number of aryl methyl sites for hydroxylation is 2. The number of thioether (sulfide) groups is 1. The van der Waals surface area contributed by atoms with Crippen LogP contribution in [0.5, 0.6) is 0 Å². The molecular formula is C26H27N7O4S. The predicted molar refractivity (Wildman–Crippen MR) is 143 cm³/mol. The third kappa shape index (κ3) is 4.15. The van der Waals surface area contributed by atoms with Gasteiger partial charge in [-0.2, -0.15) is 16.9 Å². The summed E-state index contributed by atoms with van der Waals surface area (Å²) in [7, 11) is 1.83. The van der Waals surface area contributed by atoms with Crippen LogP contribution in [0, 0.1) is 6.92 Å². The van der Waals surface area contributed by atoms with Crippen LogP contribution in [0.4, 0.5) is 5.82 Å². The van der Waals surface area contributed by atoms with Crippen LogP contribution >= 0.6 is 11.8 Å². The Morgan fingerprint density at radius 2 is 1.92 bits per heavy atom. The molecule has 0 unspecified atom stereocenters. The maximum absolute atomic E-state index is 11.0. The molecule has 5 aromatic rings. The third-order valence-corrected chi connectivity index (χ3v) is 7.95. The Kier molecular flexibility index (Phi) is 6.40. The van der Waals surface area contributed by atoms with E-state index in [0.29, 0.717) is 28.4 Å². The number of hydrogen-bond acceptors (Lipinski definition) is 10. The number of fused-ring (bicyclic) bond motifs is 1. The number of ether oxygens (including phenoxy) is 1. The molecule has 4 N–H and O–H groups in total. The Labute approximate surface area is 222 Å². The van der Waals surface area contributed by atoms with Crippen LogP contribution < -0.4 is 5.73 Å². The molecule has 1 saturated heterocycles. The Morgan fingerprint density at radius 3 is 2.68 bits per heavy atom. The van der Waals surface area contributed by atoms with Gasteiger partial charge in [0.2, 0.25) is 0 Å². The van der Waals surface area contributed by atoms with Crippen LogP contribution in [-0.2, 0) is 17.5 Å². The van der Waals surface area contributed by atoms with Gasteiger partial charge >= 0.3 is 0 Å². The van der Waals surface area contributed by atoms with Crippen molar-refractivity contribution >= 4 is 28.6 Å². The minimum Gasteiger partial charge on any atom is -0.387 e. The Hall–Kier alpha value is -3.71. The van der Waals surface area contributed by atoms with Gasteiger partial charge in [0.15, 0.2) is 12.0 Å². The highest BCUT2D eigenvalue weighted by Crippen LogP contribution is 2.39. The average Bonchev–Trinajstić information content (AvgIpc) is 3.68. The van der Waals surface area contributed by atoms with Crippen molar-refractivity contribution in [3.8, 4) is 22.6 Å². The highest BCUT2D eigenvalue weighted by Gasteiger charge is 2.44. The number of aliphatic hydroxyl groups is 2. The second kappa shape index (κ2) is 9.87. The molecule has 4 atom stereocenters. The van der Waals surface area contributed by atoms with Gasteiger partial charge in [0.1, 0.15) is 30.0 Å². The lowest BCUT2D eigenvalue weighted by molar-refractivity contribution is -0.0285. The monoisotopic (exact) mass is 533 g/mol. The van der Waals surface area contributed by atoms with Crippen molar-refractivity contribution in [2.24, 2.45) is 7.05 Å². The lowest BCUT2D eigenvalue weighted by atomic mass is 10.1. The van der Waals surface area contributed by atoms with E-state index in [1.807, 2.05) is 56.6 Å². The highest BCUT2D eigenvalue weighted by atomic mass is 32.2. The van der Waals surface area contributed by atoms with Crippen molar-refractivity contribution in [3.05, 3.63) is 66.4 Å². The van der Waals surface area contributed by atoms with Crippen molar-refractivity contribution in [2.75, 3.05) is 11.5 Å². The van der Waals surface area contributed by atoms with E-state index in [-0.39, 0.29) is 0 Å². The Morgan fingerprint density at radius 1 is 1.11 bits per heavy atom. The van der Waals surface area contributed by atoms with Crippen LogP contribution in [0.25, 0.3) is 33.6 Å². The first-order valence-electron chi connectivity index (χ1n) is 12.1. The molecule has 5 heterocycles. The number of aromatic nitrogens is 6. The Balaban J connectivity index is 1.23. The molecule has 0 amide bonds. The van der Waals surface area contributed by atoms with E-state index in [1.54, 1.807) is 27.2 Å². The summed E-state index contributed by atoms with van der Waals surface area (Å²) in [5.74, 6) is 2.12. The molecule has 0 bridgehead atoms. The lowest BCUT2D eigenvalue weighted by Crippen LogP contribution is -2.32. The molecule has 0 aliphatic carbocycles. The molecule has 1 aliphatic heterocycles. The predicted octanol–water partition coefficient (Wildman–Crippen LogP) is 2.93. The number of hydrogen-bond donors (Lipinski definition) is 3. The van der Waals surface area contributed by atoms with Gasteiger partial charge in [0, 0.05) is 47.6 Å². The normalized spacial score (nSPS) is 21.5. The zero-order valence-corrected chi connectivity index (χ0v) is 21.6. The van der Waals surface area contributed by atoms with Crippen LogP contribution in [0.15, 0.2) is 59.6 Å². The Bertz CT molecular complexity index is 1580. The fourth-order valence-electron chi connectivity index (χ4n) is 4.88. The fraction of sp³-hybridized carbons (Fsp3) is 0.308. The quantitative estimate of drug-likeness (QED) is 0.285. The van der Waals surface area contributed by atoms with Gasteiger partial charge in [-0.1, -0.05) is 35.5 Å². The minimum atomic E-state index is -1.16. The van der Waals surface area contributed by atoms with Gasteiger partial charge in [0.05, 0.1) is 22.9 Å². The second-order valence-electron chi connectivity index (χ2n) is 9.25. The SMILES string of the molecule is Cc1noc(-c2ccccc2)c1CSC[C@H]1O[C@@H](n2cc(-c3ccnn3C)c3c(N)ncnc32)[C@H](O)[C@@H]1O. The molecule has 1 fully saturated rings. The molecule has 4 aromatic heterocycles. The van der Waals surface area contributed by atoms with E-state index in [2.05, 4.69) is 20.2 Å². The van der Waals surface area contributed by atoms with Gasteiger partial charge in [-0.3, -0.25) is 4.68 Å². The first-order valence-corrected chi connectivity index (χ1v) is 13.3. The van der Waals surface area contributed by atoms with E-state index in [9.17, 15) is 10.2 Å². The highest BCUT2D eigenvalue weighted by molar-refractivity contribution is 7.98. The van der Waals surface area contributed by atoms with Gasteiger partial charge < -0.3 is 29.8 Å². The first-order chi connectivity index (χ1) is 18.4. The molecule has 0 radical (unpaired) electrons. The summed E-state index contributed by atoms with van der Waals surface area (Å²) >= 11 is 1.58. The number of nitrogens with zero attached hydrogens (tertiary/aromatic N) is 6. The number of rotatable bonds is 7. The van der Waals surface area contributed by atoms with Crippen molar-refractivity contribution in [1.29, 1.82) is 0 Å². The number of aliphatic hydroxyl groups excluding tert-OH is 2. The van der Waals surface area contributed by atoms with Crippen molar-refractivity contribution < 1.29 is 19.5 Å². The van der Waals surface area contributed by atoms with E-state index >= 15 is 0 Å². The molecule has 0 spiro atoms. The van der Waals surface area contributed by atoms with Crippen LogP contribution in [-0.4, -0.2) is 63.8 Å². The summed E-state index contributed by atoms with van der Waals surface area (Å²) in [6.07, 6.45) is 1.18. The van der Waals surface area contributed by atoms with E-state index in [0.717, 1.165) is 33.8 Å². The molecule has 196 valence electrons. The minimum absolute atomic E-state index is 0.309. The number of benzene rings is 1. The standard InChI is InChI=1S/C26H27N7O4S/c1-14-17(23(37-31-14)15-6-4-3-5-7-15)11-38-12-19-21(34)22(35)26(36-19)33-10-16(18-8-9-30-32(18)2)20-24(27)28-13-29-25(20)33/h3-10,13,19,21-22,26,34-35H,11-12H2,1-2H3,(H2,27,28,29)/t19-,21-,22-,26-/m1/s1. The summed E-state index contributed by atoms with van der Waals surface area (Å²) in [5.41, 5.74) is 11.1. The topological polar surface area (TPSA) is 150 Å². The van der Waals surface area contributed by atoms with Crippen LogP contribution in [0.3, 0.4) is 0 Å². The summed E-state index contributed by atoms with van der Waals surface area (Å²) < 4.78 is 15.3. The third-order valence-electron chi connectivity index (χ3n) is 6.90. The van der Waals surface area contributed by atoms with Crippen LogP contribution in [0.2, 0.25) is 0 Å². The summed E-state index contributed by atoms with van der Waals surface area (Å²) in [6.45, 7) is 1.91. The number of nitrogens with two attached hydrogens (primary N) is 1. The molecule has 6 rings (SSSR count). The molecule has 1 aromatic carbocycles. The van der Waals surface area contributed by atoms with Crippen LogP contribution in [0.1, 0.15) is 17.5 Å². The second-order valence-corrected chi connectivity index (χ2v) is 10.3. The van der Waals surface area contributed by atoms with Gasteiger partial charge in [0.25, 0.3) is 0 Å². The van der Waals surface area contributed by atoms with Crippen molar-refractivity contribution in [2.45, 2.75) is 37.2 Å². The van der Waals surface area contributed by atoms with E-state index in [1.165, 1.54) is 6.33 Å². The zero-order valence-electron chi connectivity index (χ0n) is 20.8. The number of nitrogen functional groups attached to an aromatic ring is 1. The number of anilines is 1. The summed E-state index contributed by atoms with van der Waals surface area (Å²) in [5, 5.41) is 30.9. The maximum atomic E-state index is 11.0. The fourth-order valence-corrected chi connectivity index (χ4v) is 6.05. The van der Waals surface area contributed by atoms with Crippen molar-refractivity contribution in [3.63, 3.8) is 0 Å². The van der Waals surface area contributed by atoms with Gasteiger partial charge in [-0.15, -0.1) is 0 Å². The van der Waals surface area contributed by atoms with Crippen molar-refractivity contribution in [1.82, 2.24) is 29.5 Å². The van der Waals surface area contributed by atoms with E-state index < -0.39 is 24.5 Å². The molecular weight excluding hydrogens is 506 g/mol. The van der Waals surface area contributed by atoms with Gasteiger partial charge in [-0.05, 0) is 13.0 Å². The maximum Gasteiger partial charge on any atom is 0.171 e. The van der Waals surface area contributed by atoms with E-state index in [4.69, 9.17) is 15.0 Å². The first kappa shape index (κ1) is 24.6. The lowest BCUT2D eigenvalue weighted by Gasteiger charge is -2.17.